The van der Waals surface area contributed by atoms with E-state index in [1.165, 1.54) is 30.4 Å². The van der Waals surface area contributed by atoms with Gasteiger partial charge < -0.3 is 19.9 Å². The van der Waals surface area contributed by atoms with Crippen molar-refractivity contribution in [3.8, 4) is 11.5 Å². The highest BCUT2D eigenvalue weighted by Crippen LogP contribution is 2.60. The minimum atomic E-state index is -0.730. The second-order valence-electron chi connectivity index (χ2n) is 6.97. The molecule has 0 spiro atoms. The molecule has 2 bridgehead atoms. The second kappa shape index (κ2) is 5.41. The van der Waals surface area contributed by atoms with Gasteiger partial charge in [-0.25, -0.2) is 0 Å². The molecular formula is C18H23NO4. The molecule has 2 aliphatic carbocycles. The Morgan fingerprint density at radius 2 is 1.91 bits per heavy atom. The van der Waals surface area contributed by atoms with Crippen LogP contribution in [-0.2, 0) is 4.79 Å². The summed E-state index contributed by atoms with van der Waals surface area (Å²) in [5, 5.41) is 12.6. The summed E-state index contributed by atoms with van der Waals surface area (Å²) in [6, 6.07) is 2.09. The predicted molar refractivity (Wildman–Crippen MR) is 85.4 cm³/mol. The van der Waals surface area contributed by atoms with Gasteiger partial charge in [-0.1, -0.05) is 0 Å². The van der Waals surface area contributed by atoms with Gasteiger partial charge in [-0.15, -0.1) is 0 Å². The van der Waals surface area contributed by atoms with Gasteiger partial charge in [0, 0.05) is 29.3 Å². The van der Waals surface area contributed by atoms with Crippen LogP contribution in [0.25, 0.3) is 0 Å². The molecule has 1 saturated heterocycles. The van der Waals surface area contributed by atoms with Crippen molar-refractivity contribution in [2.75, 3.05) is 20.8 Å². The van der Waals surface area contributed by atoms with E-state index in [4.69, 9.17) is 9.47 Å². The summed E-state index contributed by atoms with van der Waals surface area (Å²) >= 11 is 0. The Bertz CT molecular complexity index is 657. The summed E-state index contributed by atoms with van der Waals surface area (Å²) in [5.74, 6) is 2.00. The molecule has 0 amide bonds. The van der Waals surface area contributed by atoms with Crippen molar-refractivity contribution in [1.29, 1.82) is 0 Å². The van der Waals surface area contributed by atoms with Crippen LogP contribution in [-0.4, -0.2) is 31.8 Å². The molecule has 1 aromatic rings. The average Bonchev–Trinajstić information content (AvgIpc) is 3.28. The van der Waals surface area contributed by atoms with Crippen molar-refractivity contribution in [1.82, 2.24) is 5.32 Å². The molecule has 4 rings (SSSR count). The van der Waals surface area contributed by atoms with E-state index in [9.17, 15) is 9.90 Å². The maximum atomic E-state index is 11.3. The van der Waals surface area contributed by atoms with Crippen LogP contribution in [0.4, 0.5) is 0 Å². The molecular weight excluding hydrogens is 294 g/mol. The predicted octanol–water partition coefficient (Wildman–Crippen LogP) is 2.80. The number of fused-ring (bicyclic) bond motifs is 5. The maximum absolute atomic E-state index is 11.3. The number of aliphatic carboxylic acids is 1. The lowest BCUT2D eigenvalue weighted by Crippen LogP contribution is -2.18. The Balaban J connectivity index is 1.79. The SMILES string of the molecule is COc1cc(C2CC(C(=O)O)CN2)c(OC)c2c1C1CCC2C1. The van der Waals surface area contributed by atoms with E-state index in [0.717, 1.165) is 17.1 Å². The van der Waals surface area contributed by atoms with E-state index < -0.39 is 5.97 Å². The number of hydrogen-bond donors (Lipinski definition) is 2. The van der Waals surface area contributed by atoms with Crippen LogP contribution in [0.5, 0.6) is 11.5 Å². The fourth-order valence-electron chi connectivity index (χ4n) is 4.84. The Hall–Kier alpha value is -1.75. The first kappa shape index (κ1) is 14.8. The Morgan fingerprint density at radius 3 is 2.52 bits per heavy atom. The summed E-state index contributed by atoms with van der Waals surface area (Å²) in [4.78, 5) is 11.3. The molecule has 5 nitrogen and oxygen atoms in total. The van der Waals surface area contributed by atoms with Crippen LogP contribution in [0, 0.1) is 5.92 Å². The van der Waals surface area contributed by atoms with Crippen molar-refractivity contribution in [3.63, 3.8) is 0 Å². The zero-order valence-corrected chi connectivity index (χ0v) is 13.6. The van der Waals surface area contributed by atoms with Crippen LogP contribution in [0.3, 0.4) is 0 Å². The lowest BCUT2D eigenvalue weighted by atomic mass is 9.86. The average molecular weight is 317 g/mol. The molecule has 4 atom stereocenters. The lowest BCUT2D eigenvalue weighted by molar-refractivity contribution is -0.141. The van der Waals surface area contributed by atoms with E-state index >= 15 is 0 Å². The van der Waals surface area contributed by atoms with Gasteiger partial charge in [-0.05, 0) is 43.6 Å². The number of methoxy groups -OCH3 is 2. The zero-order chi connectivity index (χ0) is 16.1. The van der Waals surface area contributed by atoms with Crippen molar-refractivity contribution in [2.45, 2.75) is 43.6 Å². The number of hydrogen-bond acceptors (Lipinski definition) is 4. The monoisotopic (exact) mass is 317 g/mol. The molecule has 1 aliphatic heterocycles. The van der Waals surface area contributed by atoms with E-state index in [0.29, 0.717) is 24.8 Å². The van der Waals surface area contributed by atoms with Crippen LogP contribution in [0.15, 0.2) is 6.07 Å². The molecule has 3 aliphatic rings. The molecule has 1 heterocycles. The molecule has 23 heavy (non-hydrogen) atoms. The van der Waals surface area contributed by atoms with Gasteiger partial charge in [-0.3, -0.25) is 4.79 Å². The van der Waals surface area contributed by atoms with E-state index in [2.05, 4.69) is 11.4 Å². The van der Waals surface area contributed by atoms with Crippen molar-refractivity contribution < 1.29 is 19.4 Å². The number of ether oxygens (including phenoxy) is 2. The van der Waals surface area contributed by atoms with Crippen molar-refractivity contribution in [3.05, 3.63) is 22.8 Å². The second-order valence-corrected chi connectivity index (χ2v) is 6.97. The summed E-state index contributed by atoms with van der Waals surface area (Å²) in [5.41, 5.74) is 3.70. The highest BCUT2D eigenvalue weighted by atomic mass is 16.5. The van der Waals surface area contributed by atoms with Crippen LogP contribution in [0.1, 0.15) is 60.3 Å². The van der Waals surface area contributed by atoms with E-state index in [1.807, 2.05) is 0 Å². The van der Waals surface area contributed by atoms with Gasteiger partial charge in [0.05, 0.1) is 20.1 Å². The number of carbonyl (C=O) groups is 1. The van der Waals surface area contributed by atoms with Gasteiger partial charge in [0.25, 0.3) is 0 Å². The van der Waals surface area contributed by atoms with Gasteiger partial charge in [-0.2, -0.15) is 0 Å². The normalized spacial score (nSPS) is 31.2. The summed E-state index contributed by atoms with van der Waals surface area (Å²) < 4.78 is 11.5. The molecule has 1 aromatic carbocycles. The topological polar surface area (TPSA) is 67.8 Å². The molecule has 2 N–H and O–H groups in total. The largest absolute Gasteiger partial charge is 0.496 e. The third kappa shape index (κ3) is 2.13. The fourth-order valence-corrected chi connectivity index (χ4v) is 4.84. The molecule has 1 saturated carbocycles. The van der Waals surface area contributed by atoms with E-state index in [-0.39, 0.29) is 12.0 Å². The summed E-state index contributed by atoms with van der Waals surface area (Å²) in [6.07, 6.45) is 4.25. The Morgan fingerprint density at radius 1 is 1.17 bits per heavy atom. The quantitative estimate of drug-likeness (QED) is 0.894. The minimum Gasteiger partial charge on any atom is -0.496 e. The molecule has 0 radical (unpaired) electrons. The molecule has 2 fully saturated rings. The van der Waals surface area contributed by atoms with E-state index in [1.54, 1.807) is 14.2 Å². The highest BCUT2D eigenvalue weighted by molar-refractivity contribution is 5.71. The van der Waals surface area contributed by atoms with Gasteiger partial charge in [0.15, 0.2) is 0 Å². The number of carboxylic acid groups (broad SMARTS) is 1. The molecule has 5 heteroatoms. The number of benzene rings is 1. The van der Waals surface area contributed by atoms with Crippen LogP contribution >= 0.6 is 0 Å². The smallest absolute Gasteiger partial charge is 0.307 e. The van der Waals surface area contributed by atoms with Crippen LogP contribution in [0.2, 0.25) is 0 Å². The summed E-state index contributed by atoms with van der Waals surface area (Å²) in [7, 11) is 3.45. The zero-order valence-electron chi connectivity index (χ0n) is 13.6. The Kier molecular flexibility index (Phi) is 3.48. The summed E-state index contributed by atoms with van der Waals surface area (Å²) in [6.45, 7) is 0.509. The molecule has 0 aromatic heterocycles. The van der Waals surface area contributed by atoms with Gasteiger partial charge in [0.2, 0.25) is 0 Å². The first-order valence-electron chi connectivity index (χ1n) is 8.38. The first-order valence-corrected chi connectivity index (χ1v) is 8.38. The standard InChI is InChI=1S/C18H23NO4/c1-22-14-7-12(13-6-11(8-19-13)18(20)21)17(23-2)16-10-4-3-9(5-10)15(14)16/h7,9-11,13,19H,3-6,8H2,1-2H3,(H,20,21). The number of rotatable bonds is 4. The Labute approximate surface area is 136 Å². The minimum absolute atomic E-state index is 0.0179. The third-order valence-electron chi connectivity index (χ3n) is 5.88. The lowest BCUT2D eigenvalue weighted by Gasteiger charge is -2.25. The van der Waals surface area contributed by atoms with Gasteiger partial charge in [0.1, 0.15) is 11.5 Å². The first-order chi connectivity index (χ1) is 11.1. The number of nitrogens with one attached hydrogen (secondary N) is 1. The third-order valence-corrected chi connectivity index (χ3v) is 5.88. The van der Waals surface area contributed by atoms with Gasteiger partial charge >= 0.3 is 5.97 Å². The fraction of sp³-hybridized carbons (Fsp3) is 0.611. The molecule has 124 valence electrons. The maximum Gasteiger partial charge on any atom is 0.307 e. The number of carboxylic acids is 1. The van der Waals surface area contributed by atoms with Crippen molar-refractivity contribution >= 4 is 5.97 Å². The van der Waals surface area contributed by atoms with Crippen molar-refractivity contribution in [2.24, 2.45) is 5.92 Å². The highest BCUT2D eigenvalue weighted by Gasteiger charge is 2.43. The van der Waals surface area contributed by atoms with Crippen LogP contribution < -0.4 is 14.8 Å². The molecule has 4 unspecified atom stereocenters.